The van der Waals surface area contributed by atoms with Crippen LogP contribution in [-0.2, 0) is 11.3 Å². The molecule has 0 saturated heterocycles. The van der Waals surface area contributed by atoms with Crippen molar-refractivity contribution in [2.45, 2.75) is 13.5 Å². The fourth-order valence-corrected chi connectivity index (χ4v) is 2.02. The van der Waals surface area contributed by atoms with Crippen LogP contribution in [0.4, 0.5) is 5.69 Å². The highest BCUT2D eigenvalue weighted by Crippen LogP contribution is 2.19. The molecule has 0 saturated carbocycles. The number of ether oxygens (including phenoxy) is 1. The molecule has 0 unspecified atom stereocenters. The van der Waals surface area contributed by atoms with Gasteiger partial charge in [0.05, 0.1) is 12.7 Å². The first-order chi connectivity index (χ1) is 9.60. The third-order valence-corrected chi connectivity index (χ3v) is 3.23. The molecular formula is C16H16ClNO2. The van der Waals surface area contributed by atoms with Crippen LogP contribution in [0.1, 0.15) is 21.5 Å². The van der Waals surface area contributed by atoms with Crippen molar-refractivity contribution in [2.24, 2.45) is 0 Å². The number of carbonyl (C=O) groups is 1. The first-order valence-corrected chi connectivity index (χ1v) is 6.65. The first-order valence-electron chi connectivity index (χ1n) is 6.27. The maximum absolute atomic E-state index is 11.8. The van der Waals surface area contributed by atoms with Crippen molar-refractivity contribution in [3.05, 3.63) is 64.2 Å². The molecule has 104 valence electrons. The van der Waals surface area contributed by atoms with E-state index >= 15 is 0 Å². The van der Waals surface area contributed by atoms with Crippen LogP contribution in [0.15, 0.2) is 42.5 Å². The molecular weight excluding hydrogens is 274 g/mol. The smallest absolute Gasteiger partial charge is 0.339 e. The standard InChI is InChI=1S/C16H16ClNO2/c1-11-3-8-15(14(9-11)16(19)20-2)18-10-12-4-6-13(17)7-5-12/h3-9,18H,10H2,1-2H3. The molecule has 0 bridgehead atoms. The van der Waals surface area contributed by atoms with Gasteiger partial charge < -0.3 is 10.1 Å². The van der Waals surface area contributed by atoms with E-state index < -0.39 is 0 Å². The Morgan fingerprint density at radius 1 is 1.20 bits per heavy atom. The third kappa shape index (κ3) is 3.52. The van der Waals surface area contributed by atoms with Gasteiger partial charge in [0, 0.05) is 17.3 Å². The molecule has 20 heavy (non-hydrogen) atoms. The molecule has 2 aromatic rings. The number of methoxy groups -OCH3 is 1. The summed E-state index contributed by atoms with van der Waals surface area (Å²) in [7, 11) is 1.38. The molecule has 2 aromatic carbocycles. The van der Waals surface area contributed by atoms with Crippen LogP contribution < -0.4 is 5.32 Å². The lowest BCUT2D eigenvalue weighted by atomic mass is 10.1. The monoisotopic (exact) mass is 289 g/mol. The van der Waals surface area contributed by atoms with Crippen LogP contribution in [0.3, 0.4) is 0 Å². The van der Waals surface area contributed by atoms with Crippen LogP contribution >= 0.6 is 11.6 Å². The van der Waals surface area contributed by atoms with Gasteiger partial charge >= 0.3 is 5.97 Å². The third-order valence-electron chi connectivity index (χ3n) is 2.98. The Morgan fingerprint density at radius 3 is 2.55 bits per heavy atom. The number of rotatable bonds is 4. The van der Waals surface area contributed by atoms with Gasteiger partial charge in [0.25, 0.3) is 0 Å². The summed E-state index contributed by atoms with van der Waals surface area (Å²) in [6, 6.07) is 13.2. The highest BCUT2D eigenvalue weighted by atomic mass is 35.5. The Labute approximate surface area is 123 Å². The first kappa shape index (κ1) is 14.4. The van der Waals surface area contributed by atoms with Crippen LogP contribution in [0.2, 0.25) is 5.02 Å². The lowest BCUT2D eigenvalue weighted by molar-refractivity contribution is 0.0601. The zero-order valence-corrected chi connectivity index (χ0v) is 12.2. The largest absolute Gasteiger partial charge is 0.465 e. The van der Waals surface area contributed by atoms with Gasteiger partial charge in [-0.3, -0.25) is 0 Å². The summed E-state index contributed by atoms with van der Waals surface area (Å²) in [5.41, 5.74) is 3.41. The molecule has 0 amide bonds. The molecule has 0 radical (unpaired) electrons. The van der Waals surface area contributed by atoms with E-state index in [0.29, 0.717) is 17.1 Å². The van der Waals surface area contributed by atoms with Crippen molar-refractivity contribution in [1.82, 2.24) is 0 Å². The van der Waals surface area contributed by atoms with E-state index in [9.17, 15) is 4.79 Å². The molecule has 3 nitrogen and oxygen atoms in total. The van der Waals surface area contributed by atoms with E-state index in [1.165, 1.54) is 7.11 Å². The summed E-state index contributed by atoms with van der Waals surface area (Å²) >= 11 is 5.85. The molecule has 0 heterocycles. The van der Waals surface area contributed by atoms with Crippen LogP contribution in [-0.4, -0.2) is 13.1 Å². The summed E-state index contributed by atoms with van der Waals surface area (Å²) in [4.78, 5) is 11.8. The fourth-order valence-electron chi connectivity index (χ4n) is 1.89. The molecule has 0 fully saturated rings. The SMILES string of the molecule is COC(=O)c1cc(C)ccc1NCc1ccc(Cl)cc1. The highest BCUT2D eigenvalue weighted by molar-refractivity contribution is 6.30. The normalized spacial score (nSPS) is 10.2. The second kappa shape index (κ2) is 6.44. The highest BCUT2D eigenvalue weighted by Gasteiger charge is 2.11. The molecule has 0 atom stereocenters. The number of halogens is 1. The molecule has 0 aliphatic rings. The van der Waals surface area contributed by atoms with E-state index in [2.05, 4.69) is 5.32 Å². The van der Waals surface area contributed by atoms with Gasteiger partial charge in [-0.2, -0.15) is 0 Å². The summed E-state index contributed by atoms with van der Waals surface area (Å²) in [6.45, 7) is 2.56. The van der Waals surface area contributed by atoms with Crippen LogP contribution in [0.25, 0.3) is 0 Å². The van der Waals surface area contributed by atoms with Crippen molar-refractivity contribution in [2.75, 3.05) is 12.4 Å². The van der Waals surface area contributed by atoms with Crippen LogP contribution in [0, 0.1) is 6.92 Å². The van der Waals surface area contributed by atoms with E-state index in [1.807, 2.05) is 49.4 Å². The van der Waals surface area contributed by atoms with E-state index in [4.69, 9.17) is 16.3 Å². The number of anilines is 1. The zero-order chi connectivity index (χ0) is 14.5. The Kier molecular flexibility index (Phi) is 4.64. The average molecular weight is 290 g/mol. The van der Waals surface area contributed by atoms with E-state index in [1.54, 1.807) is 0 Å². The molecule has 1 N–H and O–H groups in total. The number of esters is 1. The van der Waals surface area contributed by atoms with E-state index in [0.717, 1.165) is 16.8 Å². The summed E-state index contributed by atoms with van der Waals surface area (Å²) in [5.74, 6) is -0.340. The lowest BCUT2D eigenvalue weighted by Crippen LogP contribution is -2.08. The maximum Gasteiger partial charge on any atom is 0.339 e. The minimum atomic E-state index is -0.340. The minimum absolute atomic E-state index is 0.340. The van der Waals surface area contributed by atoms with Gasteiger partial charge in [-0.25, -0.2) is 4.79 Å². The number of hydrogen-bond acceptors (Lipinski definition) is 3. The van der Waals surface area contributed by atoms with Gasteiger partial charge in [-0.1, -0.05) is 35.4 Å². The molecule has 0 aliphatic carbocycles. The second-order valence-electron chi connectivity index (χ2n) is 4.52. The number of carbonyl (C=O) groups excluding carboxylic acids is 1. The molecule has 0 spiro atoms. The predicted molar refractivity (Wildman–Crippen MR) is 81.3 cm³/mol. The average Bonchev–Trinajstić information content (AvgIpc) is 2.46. The lowest BCUT2D eigenvalue weighted by Gasteiger charge is -2.11. The van der Waals surface area contributed by atoms with Crippen molar-refractivity contribution in [1.29, 1.82) is 0 Å². The second-order valence-corrected chi connectivity index (χ2v) is 4.96. The van der Waals surface area contributed by atoms with E-state index in [-0.39, 0.29) is 5.97 Å². The Hall–Kier alpha value is -2.00. The van der Waals surface area contributed by atoms with Crippen molar-refractivity contribution in [3.8, 4) is 0 Å². The Morgan fingerprint density at radius 2 is 1.90 bits per heavy atom. The zero-order valence-electron chi connectivity index (χ0n) is 11.4. The van der Waals surface area contributed by atoms with Gasteiger partial charge in [-0.15, -0.1) is 0 Å². The molecule has 0 aliphatic heterocycles. The fraction of sp³-hybridized carbons (Fsp3) is 0.188. The number of benzene rings is 2. The van der Waals surface area contributed by atoms with Gasteiger partial charge in [-0.05, 0) is 36.8 Å². The number of aryl methyl sites for hydroxylation is 1. The van der Waals surface area contributed by atoms with Crippen molar-refractivity contribution < 1.29 is 9.53 Å². The summed E-state index contributed by atoms with van der Waals surface area (Å²) in [6.07, 6.45) is 0. The molecule has 0 aromatic heterocycles. The number of hydrogen-bond donors (Lipinski definition) is 1. The van der Waals surface area contributed by atoms with Gasteiger partial charge in [0.15, 0.2) is 0 Å². The van der Waals surface area contributed by atoms with Crippen molar-refractivity contribution in [3.63, 3.8) is 0 Å². The Balaban J connectivity index is 2.16. The van der Waals surface area contributed by atoms with Crippen molar-refractivity contribution >= 4 is 23.3 Å². The van der Waals surface area contributed by atoms with Gasteiger partial charge in [0.2, 0.25) is 0 Å². The van der Waals surface area contributed by atoms with Gasteiger partial charge in [0.1, 0.15) is 0 Å². The maximum atomic E-state index is 11.8. The van der Waals surface area contributed by atoms with Crippen LogP contribution in [0.5, 0.6) is 0 Å². The topological polar surface area (TPSA) is 38.3 Å². The molecule has 2 rings (SSSR count). The predicted octanol–water partition coefficient (Wildman–Crippen LogP) is 4.05. The Bertz CT molecular complexity index is 608. The quantitative estimate of drug-likeness (QED) is 0.863. The molecule has 4 heteroatoms. The number of nitrogens with one attached hydrogen (secondary N) is 1. The summed E-state index contributed by atoms with van der Waals surface area (Å²) in [5, 5.41) is 3.96. The summed E-state index contributed by atoms with van der Waals surface area (Å²) < 4.78 is 4.80. The minimum Gasteiger partial charge on any atom is -0.465 e.